The first-order valence-electron chi connectivity index (χ1n) is 6.88. The lowest BCUT2D eigenvalue weighted by Gasteiger charge is -2.52. The third-order valence-corrected chi connectivity index (χ3v) is 4.78. The molecule has 2 bridgehead atoms. The lowest BCUT2D eigenvalue weighted by molar-refractivity contribution is -0.127. The van der Waals surface area contributed by atoms with E-state index in [1.807, 2.05) is 6.08 Å². The highest BCUT2D eigenvalue weighted by Gasteiger charge is 2.44. The smallest absolute Gasteiger partial charge is 0.135 e. The summed E-state index contributed by atoms with van der Waals surface area (Å²) in [6.07, 6.45) is 5.92. The van der Waals surface area contributed by atoms with Crippen LogP contribution in [0.2, 0.25) is 0 Å². The first-order chi connectivity index (χ1) is 8.28. The molecule has 2 unspecified atom stereocenters. The number of ketones is 1. The van der Waals surface area contributed by atoms with E-state index in [-0.39, 0.29) is 0 Å². The molecule has 0 aromatic carbocycles. The second-order valence-corrected chi connectivity index (χ2v) is 5.86. The fraction of sp³-hybridized carbons (Fsp3) is 0.786. The summed E-state index contributed by atoms with van der Waals surface area (Å²) in [7, 11) is 0. The summed E-state index contributed by atoms with van der Waals surface area (Å²) in [4.78, 5) is 14.3. The number of carbonyl (C=O) groups excluding carboxylic acids is 1. The average Bonchev–Trinajstić information content (AvgIpc) is 2.34. The van der Waals surface area contributed by atoms with Crippen molar-refractivity contribution < 1.29 is 4.79 Å². The molecule has 4 atom stereocenters. The summed E-state index contributed by atoms with van der Waals surface area (Å²) >= 11 is 0. The van der Waals surface area contributed by atoms with Crippen LogP contribution < -0.4 is 5.32 Å². The largest absolute Gasteiger partial charge is 0.313 e. The van der Waals surface area contributed by atoms with Crippen LogP contribution in [-0.2, 0) is 4.79 Å². The molecule has 1 N–H and O–H groups in total. The zero-order chi connectivity index (χ0) is 11.8. The Balaban J connectivity index is 1.79. The zero-order valence-corrected chi connectivity index (χ0v) is 10.4. The maximum absolute atomic E-state index is 11.7. The van der Waals surface area contributed by atoms with E-state index in [1.165, 1.54) is 13.0 Å². The van der Waals surface area contributed by atoms with E-state index >= 15 is 0 Å². The topological polar surface area (TPSA) is 32.3 Å². The summed E-state index contributed by atoms with van der Waals surface area (Å²) in [6, 6.07) is 1.05. The first-order valence-corrected chi connectivity index (χ1v) is 6.88. The molecule has 3 heterocycles. The number of rotatable bonds is 2. The Hall–Kier alpha value is -0.670. The van der Waals surface area contributed by atoms with Crippen molar-refractivity contribution in [1.82, 2.24) is 10.2 Å². The average molecular weight is 234 g/mol. The third-order valence-electron chi connectivity index (χ3n) is 4.78. The molecular formula is C14H22N2O. The van der Waals surface area contributed by atoms with Crippen LogP contribution in [-0.4, -0.2) is 42.4 Å². The van der Waals surface area contributed by atoms with E-state index in [9.17, 15) is 4.79 Å². The Bertz CT molecular complexity index is 328. The molecule has 94 valence electrons. The fourth-order valence-electron chi connectivity index (χ4n) is 3.98. The van der Waals surface area contributed by atoms with Crippen molar-refractivity contribution in [3.8, 4) is 0 Å². The predicted molar refractivity (Wildman–Crippen MR) is 67.8 cm³/mol. The first kappa shape index (κ1) is 11.4. The van der Waals surface area contributed by atoms with Crippen LogP contribution >= 0.6 is 0 Å². The van der Waals surface area contributed by atoms with Gasteiger partial charge in [0, 0.05) is 38.0 Å². The maximum Gasteiger partial charge on any atom is 0.135 e. The lowest BCUT2D eigenvalue weighted by Crippen LogP contribution is -2.62. The summed E-state index contributed by atoms with van der Waals surface area (Å²) < 4.78 is 0. The zero-order valence-electron chi connectivity index (χ0n) is 10.4. The third kappa shape index (κ3) is 2.06. The molecule has 0 spiro atoms. The normalized spacial score (nSPS) is 42.0. The number of hydrogen-bond acceptors (Lipinski definition) is 3. The molecule has 3 heteroatoms. The number of nitrogens with zero attached hydrogens (tertiary/aromatic N) is 1. The van der Waals surface area contributed by atoms with Crippen LogP contribution in [0.4, 0.5) is 0 Å². The molecule has 3 nitrogen and oxygen atoms in total. The van der Waals surface area contributed by atoms with E-state index in [0.717, 1.165) is 38.3 Å². The van der Waals surface area contributed by atoms with Crippen molar-refractivity contribution in [2.45, 2.75) is 37.8 Å². The van der Waals surface area contributed by atoms with Crippen LogP contribution in [0.15, 0.2) is 12.7 Å². The second kappa shape index (κ2) is 4.54. The number of fused-ring (bicyclic) bond motifs is 4. The fourth-order valence-corrected chi connectivity index (χ4v) is 3.98. The number of hydrogen-bond donors (Lipinski definition) is 1. The van der Waals surface area contributed by atoms with Gasteiger partial charge in [-0.05, 0) is 31.2 Å². The maximum atomic E-state index is 11.7. The van der Waals surface area contributed by atoms with Crippen molar-refractivity contribution in [3.05, 3.63) is 12.7 Å². The summed E-state index contributed by atoms with van der Waals surface area (Å²) in [5, 5.41) is 3.66. The van der Waals surface area contributed by atoms with E-state index in [4.69, 9.17) is 0 Å². The molecule has 0 amide bonds. The summed E-state index contributed by atoms with van der Waals surface area (Å²) in [6.45, 7) is 7.20. The Labute approximate surface area is 103 Å². The van der Waals surface area contributed by atoms with Gasteiger partial charge in [0.1, 0.15) is 5.78 Å². The van der Waals surface area contributed by atoms with Crippen molar-refractivity contribution in [2.75, 3.05) is 19.6 Å². The second-order valence-electron chi connectivity index (χ2n) is 5.86. The van der Waals surface area contributed by atoms with Gasteiger partial charge in [-0.25, -0.2) is 0 Å². The number of Topliss-reactive ketones (excluding diaryl/α,β-unsaturated/α-hetero) is 1. The van der Waals surface area contributed by atoms with Crippen LogP contribution in [0.1, 0.15) is 25.7 Å². The van der Waals surface area contributed by atoms with E-state index in [1.54, 1.807) is 0 Å². The Morgan fingerprint density at radius 3 is 3.24 bits per heavy atom. The van der Waals surface area contributed by atoms with Gasteiger partial charge in [-0.15, -0.1) is 6.58 Å². The SMILES string of the molecule is C=CC[C@H]1NCC2CC1[C@@H]1CC(=O)CCN1C2. The van der Waals surface area contributed by atoms with Crippen LogP contribution in [0, 0.1) is 11.8 Å². The number of nitrogens with one attached hydrogen (secondary N) is 1. The highest BCUT2D eigenvalue weighted by atomic mass is 16.1. The van der Waals surface area contributed by atoms with Gasteiger partial charge in [-0.1, -0.05) is 6.08 Å². The molecular weight excluding hydrogens is 212 g/mol. The molecule has 0 aromatic heterocycles. The Morgan fingerprint density at radius 2 is 2.41 bits per heavy atom. The van der Waals surface area contributed by atoms with Crippen LogP contribution in [0.3, 0.4) is 0 Å². The van der Waals surface area contributed by atoms with Crippen LogP contribution in [0.25, 0.3) is 0 Å². The molecule has 0 radical (unpaired) electrons. The Morgan fingerprint density at radius 1 is 1.53 bits per heavy atom. The molecule has 0 aliphatic carbocycles. The minimum Gasteiger partial charge on any atom is -0.313 e. The highest BCUT2D eigenvalue weighted by molar-refractivity contribution is 5.80. The predicted octanol–water partition coefficient (Wildman–Crippen LogP) is 1.20. The molecule has 0 saturated carbocycles. The van der Waals surface area contributed by atoms with Gasteiger partial charge < -0.3 is 5.32 Å². The van der Waals surface area contributed by atoms with Gasteiger partial charge in [0.05, 0.1) is 0 Å². The van der Waals surface area contributed by atoms with E-state index in [2.05, 4.69) is 16.8 Å². The van der Waals surface area contributed by atoms with E-state index < -0.39 is 0 Å². The van der Waals surface area contributed by atoms with Gasteiger partial charge in [0.25, 0.3) is 0 Å². The van der Waals surface area contributed by atoms with Crippen molar-refractivity contribution in [1.29, 1.82) is 0 Å². The van der Waals surface area contributed by atoms with E-state index in [0.29, 0.717) is 23.8 Å². The molecule has 3 saturated heterocycles. The molecule has 3 aliphatic heterocycles. The van der Waals surface area contributed by atoms with Gasteiger partial charge in [0.2, 0.25) is 0 Å². The van der Waals surface area contributed by atoms with Gasteiger partial charge in [-0.2, -0.15) is 0 Å². The number of piperidine rings is 3. The van der Waals surface area contributed by atoms with Gasteiger partial charge in [0.15, 0.2) is 0 Å². The highest BCUT2D eigenvalue weighted by Crippen LogP contribution is 2.37. The molecule has 3 fully saturated rings. The van der Waals surface area contributed by atoms with Gasteiger partial charge in [-0.3, -0.25) is 9.69 Å². The number of carbonyl (C=O) groups is 1. The van der Waals surface area contributed by atoms with Crippen molar-refractivity contribution >= 4 is 5.78 Å². The quantitative estimate of drug-likeness (QED) is 0.729. The van der Waals surface area contributed by atoms with Crippen molar-refractivity contribution in [2.24, 2.45) is 11.8 Å². The summed E-state index contributed by atoms with van der Waals surface area (Å²) in [5.74, 6) is 1.92. The monoisotopic (exact) mass is 234 g/mol. The standard InChI is InChI=1S/C14H22N2O/c1-2-3-13-12-6-10(8-15-13)9-16-5-4-11(17)7-14(12)16/h2,10,12-15H,1,3-9H2/t10?,12?,13-,14+/m1/s1. The lowest BCUT2D eigenvalue weighted by atomic mass is 9.72. The molecule has 17 heavy (non-hydrogen) atoms. The minimum absolute atomic E-state index is 0.465. The molecule has 3 rings (SSSR count). The van der Waals surface area contributed by atoms with Gasteiger partial charge >= 0.3 is 0 Å². The molecule has 0 aromatic rings. The Kier molecular flexibility index (Phi) is 3.05. The minimum atomic E-state index is 0.465. The van der Waals surface area contributed by atoms with Crippen LogP contribution in [0.5, 0.6) is 0 Å². The molecule has 3 aliphatic rings. The van der Waals surface area contributed by atoms with Crippen molar-refractivity contribution in [3.63, 3.8) is 0 Å². The summed E-state index contributed by atoms with van der Waals surface area (Å²) in [5.41, 5.74) is 0.